The van der Waals surface area contributed by atoms with Gasteiger partial charge in [0.25, 0.3) is 0 Å². The summed E-state index contributed by atoms with van der Waals surface area (Å²) in [6.45, 7) is 0. The summed E-state index contributed by atoms with van der Waals surface area (Å²) in [6.07, 6.45) is 0. The van der Waals surface area contributed by atoms with E-state index >= 15 is 0 Å². The van der Waals surface area contributed by atoms with Gasteiger partial charge in [-0.15, -0.1) is 0 Å². The molecule has 0 aromatic carbocycles. The molecule has 0 spiro atoms. The van der Waals surface area contributed by atoms with Gasteiger partial charge >= 0.3 is 43.8 Å². The van der Waals surface area contributed by atoms with Gasteiger partial charge in [-0.25, -0.2) is 0 Å². The molecule has 4 nitrogen and oxygen atoms in total. The van der Waals surface area contributed by atoms with E-state index < -0.39 is 14.5 Å². The van der Waals surface area contributed by atoms with E-state index in [9.17, 15) is 0 Å². The Morgan fingerprint density at radius 3 is 1.33 bits per heavy atom. The second-order valence-electron chi connectivity index (χ2n) is 0.189. The molecule has 0 aromatic heterocycles. The Balaban J connectivity index is -0.0000000450. The van der Waals surface area contributed by atoms with Crippen LogP contribution in [0.4, 0.5) is 0 Å². The molecule has 0 aromatic rings. The van der Waals surface area contributed by atoms with Gasteiger partial charge in [0.2, 0.25) is 0 Å². The van der Waals surface area contributed by atoms with Gasteiger partial charge in [-0.2, -0.15) is 0 Å². The molecule has 0 aliphatic heterocycles. The maximum absolute atomic E-state index is 8.52. The van der Waals surface area contributed by atoms with Crippen LogP contribution in [0.3, 0.4) is 0 Å². The van der Waals surface area contributed by atoms with E-state index in [4.69, 9.17) is 12.2 Å². The van der Waals surface area contributed by atoms with Crippen LogP contribution in [0.2, 0.25) is 0 Å². The van der Waals surface area contributed by atoms with Crippen LogP contribution in [0.1, 0.15) is 0 Å². The van der Waals surface area contributed by atoms with Crippen molar-refractivity contribution in [2.45, 2.75) is 0 Å². The normalized spacial score (nSPS) is 5.83. The van der Waals surface area contributed by atoms with Gasteiger partial charge in [0.1, 0.15) is 0 Å². The van der Waals surface area contributed by atoms with Gasteiger partial charge in [-0.05, 0) is 0 Å². The van der Waals surface area contributed by atoms with Gasteiger partial charge in [-0.3, -0.25) is 0 Å². The molecule has 0 aliphatic rings. The molecule has 0 saturated carbocycles. The minimum absolute atomic E-state index is 0. The zero-order valence-corrected chi connectivity index (χ0v) is 4.75. The molecular weight excluding hydrogens is 174 g/mol. The molecule has 0 rings (SSSR count). The molecule has 6 heteroatoms. The van der Waals surface area contributed by atoms with Crippen molar-refractivity contribution in [1.82, 2.24) is 0 Å². The summed E-state index contributed by atoms with van der Waals surface area (Å²) in [6, 6.07) is 0. The Bertz CT molecular complexity index is 28.5. The van der Waals surface area contributed by atoms with Crippen LogP contribution in [0, 0.1) is 0 Å². The molecule has 0 atom stereocenters. The molecule has 0 aliphatic carbocycles. The Morgan fingerprint density at radius 1 is 1.33 bits per heavy atom. The molecule has 0 N–H and O–H groups in total. The molecule has 0 bridgehead atoms. The van der Waals surface area contributed by atoms with Crippen LogP contribution in [0.25, 0.3) is 0 Å². The van der Waals surface area contributed by atoms with Crippen molar-refractivity contribution in [1.29, 1.82) is 0 Å². The predicted octanol–water partition coefficient (Wildman–Crippen LogP) is -2.62. The third kappa shape index (κ3) is 126. The third-order valence-corrected chi connectivity index (χ3v) is 0. The van der Waals surface area contributed by atoms with Crippen LogP contribution < -0.4 is 8.38 Å². The Hall–Kier alpha value is 0.719. The summed E-state index contributed by atoms with van der Waals surface area (Å²) < 4.78 is 25.6. The van der Waals surface area contributed by atoms with E-state index in [1.807, 2.05) is 0 Å². The number of hydrogen-bond acceptors (Lipinski definition) is 3. The number of hydrogen-bond donors (Lipinski definition) is 0. The number of rotatable bonds is 0. The molecule has 1 radical (unpaired) electrons. The summed E-state index contributed by atoms with van der Waals surface area (Å²) in [5.41, 5.74) is 0. The first kappa shape index (κ1) is 15.9. The molecule has 0 fully saturated rings. The van der Waals surface area contributed by atoms with Crippen molar-refractivity contribution >= 4 is 0 Å². The van der Waals surface area contributed by atoms with Gasteiger partial charge in [0, 0.05) is 0 Å². The topological polar surface area (TPSA) is 91.7 Å². The zero-order valence-electron chi connectivity index (χ0n) is 2.39. The van der Waals surface area contributed by atoms with Crippen LogP contribution >= 0.6 is 0 Å². The molecule has 6 heavy (non-hydrogen) atoms. The van der Waals surface area contributed by atoms with Crippen molar-refractivity contribution in [2.75, 3.05) is 0 Å². The van der Waals surface area contributed by atoms with E-state index in [-0.39, 0.29) is 22.5 Å². The summed E-state index contributed by atoms with van der Waals surface area (Å²) >= 11 is -3.65. The quantitative estimate of drug-likeness (QED) is 0.376. The predicted molar refractivity (Wildman–Crippen MR) is 1.37 cm³/mol. The Kier molecular flexibility index (Phi) is 24.4. The molecule has 0 heterocycles. The second-order valence-corrected chi connectivity index (χ2v) is 0.779. The average Bonchev–Trinajstić information content (AvgIpc) is 0.811. The van der Waals surface area contributed by atoms with E-state index in [2.05, 4.69) is 0 Å². The third-order valence-electron chi connectivity index (χ3n) is 0. The van der Waals surface area contributed by atoms with Gasteiger partial charge in [0.15, 0.2) is 0 Å². The fourth-order valence-electron chi connectivity index (χ4n) is 0. The Morgan fingerprint density at radius 2 is 1.33 bits per heavy atom. The zero-order chi connectivity index (χ0) is 3.58. The van der Waals surface area contributed by atoms with Gasteiger partial charge < -0.3 is 5.48 Å². The summed E-state index contributed by atoms with van der Waals surface area (Å²) in [5, 5.41) is 0. The monoisotopic (exact) mass is 174 g/mol. The van der Waals surface area contributed by atoms with Gasteiger partial charge in [-0.1, -0.05) is 0 Å². The molecule has 38 valence electrons. The first-order valence-corrected chi connectivity index (χ1v) is 1.91. The van der Waals surface area contributed by atoms with Crippen LogP contribution in [0.5, 0.6) is 0 Å². The van der Waals surface area contributed by atoms with Crippen molar-refractivity contribution in [3.05, 3.63) is 0 Å². The summed E-state index contributed by atoms with van der Waals surface area (Å²) in [4.78, 5) is 0. The average molecular weight is 174 g/mol. The van der Waals surface area contributed by atoms with E-state index in [0.29, 0.717) is 0 Å². The van der Waals surface area contributed by atoms with Crippen molar-refractivity contribution in [3.8, 4) is 0 Å². The first-order chi connectivity index (χ1) is 1.73. The van der Waals surface area contributed by atoms with Crippen molar-refractivity contribution < 1.29 is 49.2 Å². The maximum atomic E-state index is 8.52. The van der Waals surface area contributed by atoms with Crippen molar-refractivity contribution in [2.24, 2.45) is 0 Å². The molecular formula is Mn2O4. The van der Waals surface area contributed by atoms with Gasteiger partial charge in [0.05, 0.1) is 0 Å². The fourth-order valence-corrected chi connectivity index (χ4v) is 0. The molecule has 0 saturated heterocycles. The molecule has 0 amide bonds. The summed E-state index contributed by atoms with van der Waals surface area (Å²) in [5.74, 6) is 0. The van der Waals surface area contributed by atoms with Crippen LogP contribution in [-0.4, -0.2) is 0 Å². The van der Waals surface area contributed by atoms with Crippen molar-refractivity contribution in [3.63, 3.8) is 0 Å². The minimum atomic E-state index is -3.65. The van der Waals surface area contributed by atoms with Crippen LogP contribution in [0.15, 0.2) is 0 Å². The van der Waals surface area contributed by atoms with E-state index in [1.54, 1.807) is 0 Å². The second kappa shape index (κ2) is 9.21. The SMILES string of the molecule is [Mn+4].[O-2].[O]=[Mn]([O-])[O-]. The van der Waals surface area contributed by atoms with Crippen LogP contribution in [-0.2, 0) is 40.9 Å². The first-order valence-electron chi connectivity index (χ1n) is 0.463. The summed E-state index contributed by atoms with van der Waals surface area (Å²) in [7, 11) is 0. The van der Waals surface area contributed by atoms with E-state index in [1.165, 1.54) is 0 Å². The Labute approximate surface area is 49.7 Å². The molecule has 0 unspecified atom stereocenters. The fraction of sp³-hybridized carbons (Fsp3) is 0. The van der Waals surface area contributed by atoms with E-state index in [0.717, 1.165) is 0 Å². The standard InChI is InChI=1S/2Mn.4O/q;+4;;-2;2*-1.